The lowest BCUT2D eigenvalue weighted by atomic mass is 10.2. The second kappa shape index (κ2) is 4.66. The molecular formula is C14H13BrN4. The molecule has 0 atom stereocenters. The number of pyridine rings is 1. The van der Waals surface area contributed by atoms with Crippen molar-refractivity contribution in [1.29, 1.82) is 0 Å². The molecule has 0 amide bonds. The molecule has 0 saturated heterocycles. The molecule has 3 rings (SSSR count). The minimum Gasteiger partial charge on any atom is -0.398 e. The predicted molar refractivity (Wildman–Crippen MR) is 79.9 cm³/mol. The van der Waals surface area contributed by atoms with Crippen LogP contribution in [0.2, 0.25) is 0 Å². The van der Waals surface area contributed by atoms with Crippen molar-refractivity contribution in [2.45, 2.75) is 13.5 Å². The number of anilines is 1. The molecule has 0 radical (unpaired) electrons. The summed E-state index contributed by atoms with van der Waals surface area (Å²) in [5, 5.41) is 5.45. The van der Waals surface area contributed by atoms with Crippen LogP contribution in [0.3, 0.4) is 0 Å². The zero-order valence-corrected chi connectivity index (χ0v) is 12.1. The van der Waals surface area contributed by atoms with E-state index in [0.29, 0.717) is 6.54 Å². The first-order chi connectivity index (χ1) is 9.15. The van der Waals surface area contributed by atoms with E-state index < -0.39 is 0 Å². The van der Waals surface area contributed by atoms with Crippen molar-refractivity contribution < 1.29 is 0 Å². The van der Waals surface area contributed by atoms with Gasteiger partial charge < -0.3 is 5.73 Å². The van der Waals surface area contributed by atoms with Gasteiger partial charge in [0.05, 0.1) is 17.4 Å². The summed E-state index contributed by atoms with van der Waals surface area (Å²) in [7, 11) is 0. The Morgan fingerprint density at radius 1 is 1.26 bits per heavy atom. The first-order valence-electron chi connectivity index (χ1n) is 5.97. The number of halogens is 1. The lowest BCUT2D eigenvalue weighted by Crippen LogP contribution is -2.02. The van der Waals surface area contributed by atoms with E-state index >= 15 is 0 Å². The van der Waals surface area contributed by atoms with E-state index in [9.17, 15) is 0 Å². The summed E-state index contributed by atoms with van der Waals surface area (Å²) in [6.07, 6.45) is 1.88. The molecule has 0 fully saturated rings. The van der Waals surface area contributed by atoms with Gasteiger partial charge in [0.15, 0.2) is 0 Å². The van der Waals surface area contributed by atoms with Crippen molar-refractivity contribution in [2.24, 2.45) is 0 Å². The van der Waals surface area contributed by atoms with Gasteiger partial charge in [0.1, 0.15) is 4.60 Å². The quantitative estimate of drug-likeness (QED) is 0.739. The standard InChI is InChI=1S/C14H13BrN4/c1-9-5-6-10(7-17-9)8-19-12-4-2-3-11(16)13(12)14(15)18-19/h2-7H,8,16H2,1H3. The lowest BCUT2D eigenvalue weighted by molar-refractivity contribution is 0.703. The Kier molecular flexibility index (Phi) is 2.98. The van der Waals surface area contributed by atoms with Gasteiger partial charge in [0.25, 0.3) is 0 Å². The highest BCUT2D eigenvalue weighted by Crippen LogP contribution is 2.28. The Morgan fingerprint density at radius 2 is 2.11 bits per heavy atom. The number of aryl methyl sites for hydroxylation is 1. The Balaban J connectivity index is 2.06. The van der Waals surface area contributed by atoms with Gasteiger partial charge in [-0.2, -0.15) is 5.10 Å². The molecule has 4 nitrogen and oxygen atoms in total. The third-order valence-electron chi connectivity index (χ3n) is 3.07. The van der Waals surface area contributed by atoms with Gasteiger partial charge in [-0.05, 0) is 46.6 Å². The van der Waals surface area contributed by atoms with Crippen LogP contribution in [-0.4, -0.2) is 14.8 Å². The molecule has 0 saturated carbocycles. The maximum Gasteiger partial charge on any atom is 0.138 e. The van der Waals surface area contributed by atoms with Crippen LogP contribution < -0.4 is 5.73 Å². The molecule has 19 heavy (non-hydrogen) atoms. The molecule has 0 bridgehead atoms. The van der Waals surface area contributed by atoms with Crippen molar-refractivity contribution in [3.05, 3.63) is 52.4 Å². The van der Waals surface area contributed by atoms with Gasteiger partial charge in [0.2, 0.25) is 0 Å². The smallest absolute Gasteiger partial charge is 0.138 e. The van der Waals surface area contributed by atoms with Gasteiger partial charge in [-0.25, -0.2) is 0 Å². The number of benzene rings is 1. The average Bonchev–Trinajstić information content (AvgIpc) is 2.70. The Bertz CT molecular complexity index is 731. The molecule has 2 aromatic heterocycles. The third kappa shape index (κ3) is 2.21. The number of rotatable bonds is 2. The van der Waals surface area contributed by atoms with Crippen LogP contribution in [0.25, 0.3) is 10.9 Å². The highest BCUT2D eigenvalue weighted by molar-refractivity contribution is 9.10. The molecule has 2 heterocycles. The molecule has 1 aromatic carbocycles. The molecule has 0 aliphatic rings. The van der Waals surface area contributed by atoms with Crippen molar-refractivity contribution in [2.75, 3.05) is 5.73 Å². The maximum absolute atomic E-state index is 5.99. The second-order valence-electron chi connectivity index (χ2n) is 4.50. The van der Waals surface area contributed by atoms with Gasteiger partial charge in [-0.3, -0.25) is 9.67 Å². The highest BCUT2D eigenvalue weighted by atomic mass is 79.9. The average molecular weight is 317 g/mol. The molecule has 0 unspecified atom stereocenters. The lowest BCUT2D eigenvalue weighted by Gasteiger charge is -2.04. The van der Waals surface area contributed by atoms with Crippen LogP contribution in [0.4, 0.5) is 5.69 Å². The van der Waals surface area contributed by atoms with Crippen LogP contribution in [0.15, 0.2) is 41.1 Å². The number of nitrogen functional groups attached to an aromatic ring is 1. The SMILES string of the molecule is Cc1ccc(Cn2nc(Br)c3c(N)cccc32)cn1. The Hall–Kier alpha value is -1.88. The Labute approximate surface area is 119 Å². The van der Waals surface area contributed by atoms with Crippen LogP contribution in [0, 0.1) is 6.92 Å². The summed E-state index contributed by atoms with van der Waals surface area (Å²) in [5.74, 6) is 0. The van der Waals surface area contributed by atoms with Crippen molar-refractivity contribution in [3.8, 4) is 0 Å². The van der Waals surface area contributed by atoms with E-state index in [-0.39, 0.29) is 0 Å². The minimum absolute atomic E-state index is 0.679. The normalized spacial score (nSPS) is 11.1. The fraction of sp³-hybridized carbons (Fsp3) is 0.143. The Morgan fingerprint density at radius 3 is 2.84 bits per heavy atom. The summed E-state index contributed by atoms with van der Waals surface area (Å²) in [6, 6.07) is 9.91. The van der Waals surface area contributed by atoms with Gasteiger partial charge in [0, 0.05) is 17.6 Å². The van der Waals surface area contributed by atoms with Gasteiger partial charge in [-0.15, -0.1) is 0 Å². The monoisotopic (exact) mass is 316 g/mol. The summed E-state index contributed by atoms with van der Waals surface area (Å²) in [4.78, 5) is 4.30. The van der Waals surface area contributed by atoms with Gasteiger partial charge >= 0.3 is 0 Å². The molecule has 3 aromatic rings. The van der Waals surface area contributed by atoms with Crippen molar-refractivity contribution in [3.63, 3.8) is 0 Å². The number of hydrogen-bond donors (Lipinski definition) is 1. The molecule has 0 spiro atoms. The first kappa shape index (κ1) is 12.2. The van der Waals surface area contributed by atoms with Crippen LogP contribution in [0.1, 0.15) is 11.3 Å². The second-order valence-corrected chi connectivity index (χ2v) is 5.25. The fourth-order valence-corrected chi connectivity index (χ4v) is 2.72. The number of hydrogen-bond acceptors (Lipinski definition) is 3. The summed E-state index contributed by atoms with van der Waals surface area (Å²) in [6.45, 7) is 2.66. The largest absolute Gasteiger partial charge is 0.398 e. The summed E-state index contributed by atoms with van der Waals surface area (Å²) >= 11 is 3.47. The minimum atomic E-state index is 0.679. The van der Waals surface area contributed by atoms with E-state index in [1.807, 2.05) is 42.1 Å². The maximum atomic E-state index is 5.99. The van der Waals surface area contributed by atoms with E-state index in [0.717, 1.165) is 32.5 Å². The number of fused-ring (bicyclic) bond motifs is 1. The number of nitrogens with zero attached hydrogens (tertiary/aromatic N) is 3. The number of aromatic nitrogens is 3. The molecule has 96 valence electrons. The van der Waals surface area contributed by atoms with Crippen LogP contribution in [0.5, 0.6) is 0 Å². The van der Waals surface area contributed by atoms with E-state index in [2.05, 4.69) is 32.1 Å². The van der Waals surface area contributed by atoms with Crippen molar-refractivity contribution in [1.82, 2.24) is 14.8 Å². The van der Waals surface area contributed by atoms with E-state index in [1.165, 1.54) is 0 Å². The zero-order valence-electron chi connectivity index (χ0n) is 10.5. The summed E-state index contributed by atoms with van der Waals surface area (Å²) in [5.41, 5.74) is 9.87. The highest BCUT2D eigenvalue weighted by Gasteiger charge is 2.11. The number of nitrogens with two attached hydrogens (primary N) is 1. The third-order valence-corrected chi connectivity index (χ3v) is 3.63. The molecule has 0 aliphatic carbocycles. The molecule has 2 N–H and O–H groups in total. The first-order valence-corrected chi connectivity index (χ1v) is 6.76. The van der Waals surface area contributed by atoms with Crippen molar-refractivity contribution >= 4 is 32.5 Å². The summed E-state index contributed by atoms with van der Waals surface area (Å²) < 4.78 is 2.71. The van der Waals surface area contributed by atoms with Crippen LogP contribution in [-0.2, 0) is 6.54 Å². The molecule has 5 heteroatoms. The van der Waals surface area contributed by atoms with Gasteiger partial charge in [-0.1, -0.05) is 12.1 Å². The molecule has 0 aliphatic heterocycles. The van der Waals surface area contributed by atoms with Crippen LogP contribution >= 0.6 is 15.9 Å². The predicted octanol–water partition coefficient (Wildman–Crippen LogP) is 3.13. The van der Waals surface area contributed by atoms with E-state index in [4.69, 9.17) is 5.73 Å². The molecular weight excluding hydrogens is 304 g/mol. The topological polar surface area (TPSA) is 56.7 Å². The zero-order chi connectivity index (χ0) is 13.4. The fourth-order valence-electron chi connectivity index (χ4n) is 2.09. The van der Waals surface area contributed by atoms with E-state index in [1.54, 1.807) is 0 Å².